The van der Waals surface area contributed by atoms with Gasteiger partial charge in [0.05, 0.1) is 0 Å². The van der Waals surface area contributed by atoms with Crippen LogP contribution in [0.2, 0.25) is 0 Å². The Morgan fingerprint density at radius 1 is 0.632 bits per heavy atom. The molecular formula is C18H37N. The van der Waals surface area contributed by atoms with E-state index >= 15 is 0 Å². The lowest BCUT2D eigenvalue weighted by atomic mass is 10.0. The molecule has 0 aliphatic rings. The molecule has 0 spiro atoms. The van der Waals surface area contributed by atoms with E-state index < -0.39 is 0 Å². The molecule has 0 aromatic carbocycles. The molecule has 0 atom stereocenters. The summed E-state index contributed by atoms with van der Waals surface area (Å²) in [6.45, 7) is 2.29. The minimum absolute atomic E-state index is 1.23. The van der Waals surface area contributed by atoms with E-state index in [2.05, 4.69) is 18.3 Å². The van der Waals surface area contributed by atoms with Crippen molar-refractivity contribution in [2.45, 2.75) is 96.8 Å². The molecule has 0 bridgehead atoms. The first-order valence-electron chi connectivity index (χ1n) is 8.74. The van der Waals surface area contributed by atoms with Crippen molar-refractivity contribution in [2.75, 3.05) is 7.05 Å². The number of unbranched alkanes of at least 4 members (excludes halogenated alkanes) is 13. The van der Waals surface area contributed by atoms with Crippen molar-refractivity contribution in [1.82, 2.24) is 5.32 Å². The minimum Gasteiger partial charge on any atom is -0.394 e. The molecule has 0 aliphatic carbocycles. The maximum atomic E-state index is 3.03. The third kappa shape index (κ3) is 17.5. The van der Waals surface area contributed by atoms with Gasteiger partial charge in [-0.05, 0) is 19.0 Å². The van der Waals surface area contributed by atoms with Crippen molar-refractivity contribution in [3.05, 3.63) is 12.3 Å². The van der Waals surface area contributed by atoms with Crippen molar-refractivity contribution in [2.24, 2.45) is 0 Å². The Labute approximate surface area is 122 Å². The summed E-state index contributed by atoms with van der Waals surface area (Å²) in [5, 5.41) is 3.03. The van der Waals surface area contributed by atoms with Crippen LogP contribution in [0.5, 0.6) is 0 Å². The van der Waals surface area contributed by atoms with Crippen LogP contribution in [0.1, 0.15) is 96.8 Å². The first-order valence-corrected chi connectivity index (χ1v) is 8.74. The van der Waals surface area contributed by atoms with Gasteiger partial charge in [-0.15, -0.1) is 0 Å². The molecule has 0 rings (SSSR count). The lowest BCUT2D eigenvalue weighted by Gasteiger charge is -2.02. The third-order valence-corrected chi connectivity index (χ3v) is 3.76. The second kappa shape index (κ2) is 17.5. The summed E-state index contributed by atoms with van der Waals surface area (Å²) >= 11 is 0. The number of hydrogen-bond acceptors (Lipinski definition) is 1. The molecule has 0 aromatic heterocycles. The Bertz CT molecular complexity index is 175. The van der Waals surface area contributed by atoms with Crippen LogP contribution in [-0.4, -0.2) is 7.05 Å². The lowest BCUT2D eigenvalue weighted by Crippen LogP contribution is -1.90. The van der Waals surface area contributed by atoms with Crippen LogP contribution in [-0.2, 0) is 0 Å². The van der Waals surface area contributed by atoms with Gasteiger partial charge in [-0.2, -0.15) is 0 Å². The molecule has 0 unspecified atom stereocenters. The SMILES string of the molecule is CCCCCCCCCCCCCCC/C=C/NC. The zero-order valence-corrected chi connectivity index (χ0v) is 13.6. The van der Waals surface area contributed by atoms with E-state index in [1.54, 1.807) is 0 Å². The highest BCUT2D eigenvalue weighted by molar-refractivity contribution is 4.77. The Morgan fingerprint density at radius 2 is 1.05 bits per heavy atom. The Morgan fingerprint density at radius 3 is 1.47 bits per heavy atom. The Hall–Kier alpha value is -0.460. The molecule has 0 aliphatic heterocycles. The van der Waals surface area contributed by atoms with E-state index in [1.165, 1.54) is 89.9 Å². The summed E-state index contributed by atoms with van der Waals surface area (Å²) in [4.78, 5) is 0. The lowest BCUT2D eigenvalue weighted by molar-refractivity contribution is 0.540. The monoisotopic (exact) mass is 267 g/mol. The zero-order chi connectivity index (χ0) is 14.0. The normalized spacial score (nSPS) is 11.3. The number of hydrogen-bond donors (Lipinski definition) is 1. The quantitative estimate of drug-likeness (QED) is 0.348. The van der Waals surface area contributed by atoms with E-state index in [0.29, 0.717) is 0 Å². The maximum Gasteiger partial charge on any atom is 0.00276 e. The van der Waals surface area contributed by atoms with Gasteiger partial charge in [0.1, 0.15) is 0 Å². The molecule has 0 saturated carbocycles. The molecule has 0 fully saturated rings. The summed E-state index contributed by atoms with van der Waals surface area (Å²) < 4.78 is 0. The van der Waals surface area contributed by atoms with Gasteiger partial charge < -0.3 is 5.32 Å². The summed E-state index contributed by atoms with van der Waals surface area (Å²) in [5.41, 5.74) is 0. The summed E-state index contributed by atoms with van der Waals surface area (Å²) in [6.07, 6.45) is 24.2. The predicted octanol–water partition coefficient (Wildman–Crippen LogP) is 6.20. The highest BCUT2D eigenvalue weighted by Gasteiger charge is 1.93. The third-order valence-electron chi connectivity index (χ3n) is 3.76. The van der Waals surface area contributed by atoms with Crippen molar-refractivity contribution in [1.29, 1.82) is 0 Å². The molecule has 0 heterocycles. The fraction of sp³-hybridized carbons (Fsp3) is 0.889. The average molecular weight is 268 g/mol. The van der Waals surface area contributed by atoms with E-state index in [0.717, 1.165) is 0 Å². The van der Waals surface area contributed by atoms with Crippen LogP contribution >= 0.6 is 0 Å². The molecule has 1 heteroatoms. The molecular weight excluding hydrogens is 230 g/mol. The van der Waals surface area contributed by atoms with Crippen LogP contribution < -0.4 is 5.32 Å². The molecule has 0 amide bonds. The van der Waals surface area contributed by atoms with E-state index in [-0.39, 0.29) is 0 Å². The Balaban J connectivity index is 2.93. The van der Waals surface area contributed by atoms with Crippen molar-refractivity contribution >= 4 is 0 Å². The number of nitrogens with one attached hydrogen (secondary N) is 1. The van der Waals surface area contributed by atoms with Crippen molar-refractivity contribution in [3.8, 4) is 0 Å². The first kappa shape index (κ1) is 18.5. The Kier molecular flexibility index (Phi) is 17.1. The second-order valence-electron chi connectivity index (χ2n) is 5.72. The smallest absolute Gasteiger partial charge is 0.00276 e. The maximum absolute atomic E-state index is 3.03. The first-order chi connectivity index (χ1) is 9.41. The molecule has 1 nitrogen and oxygen atoms in total. The summed E-state index contributed by atoms with van der Waals surface area (Å²) in [6, 6.07) is 0. The topological polar surface area (TPSA) is 12.0 Å². The highest BCUT2D eigenvalue weighted by Crippen LogP contribution is 2.12. The molecule has 19 heavy (non-hydrogen) atoms. The highest BCUT2D eigenvalue weighted by atomic mass is 14.8. The largest absolute Gasteiger partial charge is 0.394 e. The van der Waals surface area contributed by atoms with Crippen LogP contribution in [0, 0.1) is 0 Å². The molecule has 114 valence electrons. The van der Waals surface area contributed by atoms with Gasteiger partial charge in [-0.1, -0.05) is 90.0 Å². The van der Waals surface area contributed by atoms with Gasteiger partial charge in [0.25, 0.3) is 0 Å². The van der Waals surface area contributed by atoms with E-state index in [4.69, 9.17) is 0 Å². The van der Waals surface area contributed by atoms with Crippen LogP contribution in [0.3, 0.4) is 0 Å². The van der Waals surface area contributed by atoms with Gasteiger partial charge in [-0.25, -0.2) is 0 Å². The standard InChI is InChI=1S/C18H37N/c1-3-4-5-6-7-8-9-10-11-12-13-14-15-16-17-18-19-2/h17-19H,3-16H2,1-2H3/b18-17+. The predicted molar refractivity (Wildman–Crippen MR) is 88.5 cm³/mol. The van der Waals surface area contributed by atoms with E-state index in [1.807, 2.05) is 13.2 Å². The van der Waals surface area contributed by atoms with Gasteiger partial charge in [0, 0.05) is 7.05 Å². The summed E-state index contributed by atoms with van der Waals surface area (Å²) in [5.74, 6) is 0. The fourth-order valence-corrected chi connectivity index (χ4v) is 2.48. The van der Waals surface area contributed by atoms with Gasteiger partial charge in [0.2, 0.25) is 0 Å². The van der Waals surface area contributed by atoms with Crippen LogP contribution in [0.25, 0.3) is 0 Å². The second-order valence-corrected chi connectivity index (χ2v) is 5.72. The fourth-order valence-electron chi connectivity index (χ4n) is 2.48. The van der Waals surface area contributed by atoms with Crippen LogP contribution in [0.15, 0.2) is 12.3 Å². The van der Waals surface area contributed by atoms with Gasteiger partial charge in [-0.3, -0.25) is 0 Å². The van der Waals surface area contributed by atoms with Crippen molar-refractivity contribution < 1.29 is 0 Å². The molecule has 0 saturated heterocycles. The minimum atomic E-state index is 1.23. The summed E-state index contributed by atoms with van der Waals surface area (Å²) in [7, 11) is 1.96. The molecule has 0 aromatic rings. The van der Waals surface area contributed by atoms with E-state index in [9.17, 15) is 0 Å². The zero-order valence-electron chi connectivity index (χ0n) is 13.6. The van der Waals surface area contributed by atoms with Gasteiger partial charge in [0.15, 0.2) is 0 Å². The number of rotatable bonds is 15. The number of allylic oxidation sites excluding steroid dienone is 1. The van der Waals surface area contributed by atoms with Gasteiger partial charge >= 0.3 is 0 Å². The molecule has 0 radical (unpaired) electrons. The van der Waals surface area contributed by atoms with Crippen LogP contribution in [0.4, 0.5) is 0 Å². The van der Waals surface area contributed by atoms with Crippen molar-refractivity contribution in [3.63, 3.8) is 0 Å². The molecule has 1 N–H and O–H groups in total. The average Bonchev–Trinajstić information content (AvgIpc) is 2.43.